The Morgan fingerprint density at radius 1 is 1.38 bits per heavy atom. The van der Waals surface area contributed by atoms with Gasteiger partial charge >= 0.3 is 0 Å². The van der Waals surface area contributed by atoms with Gasteiger partial charge in [-0.05, 0) is 46.4 Å². The minimum atomic E-state index is -0.918. The minimum Gasteiger partial charge on any atom is -0.383 e. The predicted molar refractivity (Wildman–Crippen MR) is 89.6 cm³/mol. The Bertz CT molecular complexity index is 759. The van der Waals surface area contributed by atoms with E-state index in [2.05, 4.69) is 31.2 Å². The van der Waals surface area contributed by atoms with E-state index in [0.717, 1.165) is 26.1 Å². The number of nitrogens with one attached hydrogen (secondary N) is 1. The first-order valence-electron chi connectivity index (χ1n) is 6.47. The van der Waals surface area contributed by atoms with Crippen molar-refractivity contribution < 1.29 is 5.11 Å². The highest BCUT2D eigenvalue weighted by Gasteiger charge is 2.24. The molecule has 3 aromatic heterocycles. The first-order chi connectivity index (χ1) is 10.1. The van der Waals surface area contributed by atoms with Gasteiger partial charge in [-0.25, -0.2) is 0 Å². The quantitative estimate of drug-likeness (QED) is 0.740. The number of hydrogen-bond acceptors (Lipinski definition) is 5. The Morgan fingerprint density at radius 3 is 3.00 bits per heavy atom. The van der Waals surface area contributed by atoms with Gasteiger partial charge in [-0.1, -0.05) is 6.07 Å². The van der Waals surface area contributed by atoms with Crippen molar-refractivity contribution in [3.63, 3.8) is 0 Å². The fourth-order valence-electron chi connectivity index (χ4n) is 2.09. The van der Waals surface area contributed by atoms with Crippen molar-refractivity contribution >= 4 is 44.0 Å². The number of rotatable bonds is 4. The molecular formula is C15H14BrN3OS. The standard InChI is InChI=1S/C15H14BrN3OS/c1-15(20,13-3-2-6-21-13)9-19-11-4-5-17-12-7-10(16)8-18-14(11)12/h2-8,20H,9H2,1H3,(H,17,19). The van der Waals surface area contributed by atoms with Crippen LogP contribution >= 0.6 is 27.3 Å². The van der Waals surface area contributed by atoms with Crippen molar-refractivity contribution in [1.29, 1.82) is 0 Å². The highest BCUT2D eigenvalue weighted by Crippen LogP contribution is 2.27. The third kappa shape index (κ3) is 3.07. The normalized spacial score (nSPS) is 14.0. The van der Waals surface area contributed by atoms with Crippen LogP contribution in [-0.2, 0) is 5.60 Å². The number of thiophene rings is 1. The van der Waals surface area contributed by atoms with Crippen LogP contribution in [0.5, 0.6) is 0 Å². The molecule has 0 spiro atoms. The van der Waals surface area contributed by atoms with E-state index in [1.165, 1.54) is 0 Å². The van der Waals surface area contributed by atoms with Crippen LogP contribution in [0.4, 0.5) is 5.69 Å². The monoisotopic (exact) mass is 363 g/mol. The molecule has 0 amide bonds. The number of anilines is 1. The van der Waals surface area contributed by atoms with Gasteiger partial charge in [0.2, 0.25) is 0 Å². The molecule has 0 aliphatic heterocycles. The van der Waals surface area contributed by atoms with Gasteiger partial charge in [-0.15, -0.1) is 11.3 Å². The van der Waals surface area contributed by atoms with Gasteiger partial charge in [0.25, 0.3) is 0 Å². The first-order valence-corrected chi connectivity index (χ1v) is 8.14. The summed E-state index contributed by atoms with van der Waals surface area (Å²) in [4.78, 5) is 9.63. The van der Waals surface area contributed by atoms with Crippen molar-refractivity contribution in [3.8, 4) is 0 Å². The summed E-state index contributed by atoms with van der Waals surface area (Å²) in [6.07, 6.45) is 3.48. The zero-order chi connectivity index (χ0) is 14.9. The van der Waals surface area contributed by atoms with E-state index in [1.807, 2.05) is 29.6 Å². The lowest BCUT2D eigenvalue weighted by atomic mass is 10.1. The lowest BCUT2D eigenvalue weighted by molar-refractivity contribution is 0.0755. The maximum atomic E-state index is 10.6. The molecule has 0 fully saturated rings. The van der Waals surface area contributed by atoms with Crippen LogP contribution in [0.3, 0.4) is 0 Å². The van der Waals surface area contributed by atoms with Gasteiger partial charge in [0.05, 0.1) is 11.2 Å². The van der Waals surface area contributed by atoms with Gasteiger partial charge in [0.15, 0.2) is 0 Å². The fraction of sp³-hybridized carbons (Fsp3) is 0.200. The first kappa shape index (κ1) is 14.4. The molecule has 0 aliphatic rings. The van der Waals surface area contributed by atoms with Crippen LogP contribution in [0, 0.1) is 0 Å². The van der Waals surface area contributed by atoms with Crippen LogP contribution < -0.4 is 5.32 Å². The summed E-state index contributed by atoms with van der Waals surface area (Å²) >= 11 is 4.94. The number of aromatic nitrogens is 2. The van der Waals surface area contributed by atoms with Gasteiger partial charge in [-0.2, -0.15) is 0 Å². The van der Waals surface area contributed by atoms with E-state index in [0.29, 0.717) is 6.54 Å². The highest BCUT2D eigenvalue weighted by atomic mass is 79.9. The summed E-state index contributed by atoms with van der Waals surface area (Å²) in [6, 6.07) is 7.67. The molecule has 21 heavy (non-hydrogen) atoms. The molecule has 0 saturated carbocycles. The van der Waals surface area contributed by atoms with E-state index in [-0.39, 0.29) is 0 Å². The Hall–Kier alpha value is -1.50. The molecule has 0 aliphatic carbocycles. The SMILES string of the molecule is CC(O)(CNc1ccnc2cc(Br)cnc12)c1cccs1. The van der Waals surface area contributed by atoms with Crippen molar-refractivity contribution in [3.05, 3.63) is 51.4 Å². The molecule has 0 bridgehead atoms. The molecular weight excluding hydrogens is 350 g/mol. The molecule has 0 saturated heterocycles. The second-order valence-electron chi connectivity index (χ2n) is 4.98. The van der Waals surface area contributed by atoms with E-state index in [9.17, 15) is 5.11 Å². The fourth-order valence-corrected chi connectivity index (χ4v) is 3.19. The average molecular weight is 364 g/mol. The maximum absolute atomic E-state index is 10.6. The van der Waals surface area contributed by atoms with Crippen molar-refractivity contribution in [2.24, 2.45) is 0 Å². The largest absolute Gasteiger partial charge is 0.383 e. The van der Waals surface area contributed by atoms with Gasteiger partial charge in [0.1, 0.15) is 11.1 Å². The van der Waals surface area contributed by atoms with E-state index in [1.54, 1.807) is 30.7 Å². The Morgan fingerprint density at radius 2 is 2.24 bits per heavy atom. The summed E-state index contributed by atoms with van der Waals surface area (Å²) in [5.74, 6) is 0. The predicted octanol–water partition coefficient (Wildman–Crippen LogP) is 3.77. The number of fused-ring (bicyclic) bond motifs is 1. The molecule has 108 valence electrons. The van der Waals surface area contributed by atoms with Crippen molar-refractivity contribution in [1.82, 2.24) is 9.97 Å². The highest BCUT2D eigenvalue weighted by molar-refractivity contribution is 9.10. The summed E-state index contributed by atoms with van der Waals surface area (Å²) in [7, 11) is 0. The lowest BCUT2D eigenvalue weighted by Crippen LogP contribution is -2.29. The number of pyridine rings is 2. The van der Waals surface area contributed by atoms with Crippen LogP contribution in [0.1, 0.15) is 11.8 Å². The molecule has 3 aromatic rings. The molecule has 4 nitrogen and oxygen atoms in total. The second-order valence-corrected chi connectivity index (χ2v) is 6.85. The van der Waals surface area contributed by atoms with Gasteiger partial charge in [0, 0.05) is 28.3 Å². The van der Waals surface area contributed by atoms with Crippen LogP contribution in [0.25, 0.3) is 11.0 Å². The smallest absolute Gasteiger partial charge is 0.113 e. The molecule has 0 aromatic carbocycles. The summed E-state index contributed by atoms with van der Waals surface area (Å²) in [6.45, 7) is 2.21. The molecule has 1 atom stereocenters. The minimum absolute atomic E-state index is 0.407. The molecule has 6 heteroatoms. The zero-order valence-corrected chi connectivity index (χ0v) is 13.8. The van der Waals surface area contributed by atoms with E-state index >= 15 is 0 Å². The average Bonchev–Trinajstić information content (AvgIpc) is 2.99. The maximum Gasteiger partial charge on any atom is 0.113 e. The lowest BCUT2D eigenvalue weighted by Gasteiger charge is -2.23. The second kappa shape index (κ2) is 5.71. The van der Waals surface area contributed by atoms with Crippen molar-refractivity contribution in [2.45, 2.75) is 12.5 Å². The molecule has 0 radical (unpaired) electrons. The zero-order valence-electron chi connectivity index (χ0n) is 11.4. The number of halogens is 1. The van der Waals surface area contributed by atoms with Crippen LogP contribution in [0.15, 0.2) is 46.5 Å². The van der Waals surface area contributed by atoms with Crippen LogP contribution in [0.2, 0.25) is 0 Å². The van der Waals surface area contributed by atoms with E-state index < -0.39 is 5.60 Å². The molecule has 2 N–H and O–H groups in total. The Kier molecular flexibility index (Phi) is 3.93. The number of hydrogen-bond donors (Lipinski definition) is 2. The van der Waals surface area contributed by atoms with Crippen LogP contribution in [-0.4, -0.2) is 21.6 Å². The number of aliphatic hydroxyl groups is 1. The third-order valence-corrected chi connectivity index (χ3v) is 4.78. The number of nitrogens with zero attached hydrogens (tertiary/aromatic N) is 2. The Balaban J connectivity index is 1.86. The summed E-state index contributed by atoms with van der Waals surface area (Å²) in [5, 5.41) is 15.8. The summed E-state index contributed by atoms with van der Waals surface area (Å²) < 4.78 is 0.894. The topological polar surface area (TPSA) is 58.0 Å². The van der Waals surface area contributed by atoms with Gasteiger partial charge in [-0.3, -0.25) is 9.97 Å². The van der Waals surface area contributed by atoms with Gasteiger partial charge < -0.3 is 10.4 Å². The Labute approximate surface area is 135 Å². The summed E-state index contributed by atoms with van der Waals surface area (Å²) in [5.41, 5.74) is 1.55. The van der Waals surface area contributed by atoms with E-state index in [4.69, 9.17) is 0 Å². The molecule has 1 unspecified atom stereocenters. The molecule has 3 rings (SSSR count). The molecule has 3 heterocycles. The third-order valence-electron chi connectivity index (χ3n) is 3.22. The van der Waals surface area contributed by atoms with Crippen molar-refractivity contribution in [2.75, 3.05) is 11.9 Å².